The zero-order valence-electron chi connectivity index (χ0n) is 16.9. The molecule has 0 aliphatic rings. The van der Waals surface area contributed by atoms with Gasteiger partial charge in [-0.15, -0.1) is 0 Å². The number of nitrogens with zero attached hydrogens (tertiary/aromatic N) is 1. The zero-order valence-corrected chi connectivity index (χ0v) is 19.2. The summed E-state index contributed by atoms with van der Waals surface area (Å²) in [4.78, 5) is 27.5. The van der Waals surface area contributed by atoms with Gasteiger partial charge in [0, 0.05) is 27.2 Å². The van der Waals surface area contributed by atoms with Crippen LogP contribution in [0.1, 0.15) is 38.8 Å². The lowest BCUT2D eigenvalue weighted by atomic mass is 10.1. The van der Waals surface area contributed by atoms with E-state index in [9.17, 15) is 9.59 Å². The monoisotopic (exact) mass is 454 g/mol. The van der Waals surface area contributed by atoms with Crippen LogP contribution in [0.25, 0.3) is 0 Å². The minimum atomic E-state index is -0.674. The molecule has 0 radical (unpaired) electrons. The molecule has 156 valence electrons. The first-order valence-corrected chi connectivity index (χ1v) is 10.4. The molecule has 2 aromatic carbocycles. The molecule has 2 rings (SSSR count). The predicted octanol–water partition coefficient (Wildman–Crippen LogP) is 5.52. The van der Waals surface area contributed by atoms with Crippen molar-refractivity contribution in [1.82, 2.24) is 10.2 Å². The normalized spacial score (nSPS) is 12.4. The molecule has 0 spiro atoms. The van der Waals surface area contributed by atoms with Crippen molar-refractivity contribution < 1.29 is 9.59 Å². The Kier molecular flexibility index (Phi) is 7.98. The third-order valence-corrected chi connectivity index (χ3v) is 5.09. The van der Waals surface area contributed by atoms with Gasteiger partial charge < -0.3 is 10.2 Å². The molecule has 2 amide bonds. The Morgan fingerprint density at radius 1 is 1.03 bits per heavy atom. The molecule has 4 nitrogen and oxygen atoms in total. The number of hydrogen-bond acceptors (Lipinski definition) is 2. The SMILES string of the molecule is C[C@@H](C(=O)NC(C)(C)C)N(Cc1cccc(Cl)c1)C(=O)Cc1ccc(Cl)cc1Cl. The van der Waals surface area contributed by atoms with Crippen molar-refractivity contribution in [2.24, 2.45) is 0 Å². The van der Waals surface area contributed by atoms with Crippen LogP contribution in [0.2, 0.25) is 15.1 Å². The summed E-state index contributed by atoms with van der Waals surface area (Å²) in [6.45, 7) is 7.66. The molecule has 0 heterocycles. The summed E-state index contributed by atoms with van der Waals surface area (Å²) in [6.07, 6.45) is 0.0592. The summed E-state index contributed by atoms with van der Waals surface area (Å²) in [6, 6.07) is 11.6. The molecule has 1 N–H and O–H groups in total. The fourth-order valence-corrected chi connectivity index (χ4v) is 3.51. The van der Waals surface area contributed by atoms with Crippen molar-refractivity contribution in [1.29, 1.82) is 0 Å². The third-order valence-electron chi connectivity index (χ3n) is 4.26. The zero-order chi connectivity index (χ0) is 21.8. The summed E-state index contributed by atoms with van der Waals surface area (Å²) in [7, 11) is 0. The predicted molar refractivity (Wildman–Crippen MR) is 120 cm³/mol. The average molecular weight is 456 g/mol. The van der Waals surface area contributed by atoms with Crippen LogP contribution in [-0.4, -0.2) is 28.3 Å². The van der Waals surface area contributed by atoms with E-state index in [1.54, 1.807) is 37.3 Å². The number of carbonyl (C=O) groups is 2. The molecule has 0 fully saturated rings. The van der Waals surface area contributed by atoms with Gasteiger partial charge in [-0.2, -0.15) is 0 Å². The molecule has 29 heavy (non-hydrogen) atoms. The fraction of sp³-hybridized carbons (Fsp3) is 0.364. The van der Waals surface area contributed by atoms with Crippen molar-refractivity contribution in [3.63, 3.8) is 0 Å². The van der Waals surface area contributed by atoms with Crippen LogP contribution in [0.3, 0.4) is 0 Å². The Morgan fingerprint density at radius 2 is 1.69 bits per heavy atom. The van der Waals surface area contributed by atoms with Crippen molar-refractivity contribution in [3.8, 4) is 0 Å². The van der Waals surface area contributed by atoms with Gasteiger partial charge in [0.05, 0.1) is 6.42 Å². The van der Waals surface area contributed by atoms with Gasteiger partial charge in [0.25, 0.3) is 0 Å². The smallest absolute Gasteiger partial charge is 0.242 e. The van der Waals surface area contributed by atoms with Gasteiger partial charge in [-0.25, -0.2) is 0 Å². The standard InChI is InChI=1S/C22H25Cl3N2O2/c1-14(21(29)26-22(2,3)4)27(13-15-6-5-7-17(23)10-15)20(28)11-16-8-9-18(24)12-19(16)25/h5-10,12,14H,11,13H2,1-4H3,(H,26,29)/t14-/m0/s1. The Balaban J connectivity index is 2.29. The first-order valence-electron chi connectivity index (χ1n) is 9.26. The van der Waals surface area contributed by atoms with Crippen molar-refractivity contribution >= 4 is 46.6 Å². The van der Waals surface area contributed by atoms with Crippen LogP contribution in [0.4, 0.5) is 0 Å². The van der Waals surface area contributed by atoms with Crippen LogP contribution in [0.15, 0.2) is 42.5 Å². The molecule has 0 saturated heterocycles. The molecule has 1 atom stereocenters. The van der Waals surface area contributed by atoms with Crippen LogP contribution in [0, 0.1) is 0 Å². The molecule has 0 unspecified atom stereocenters. The lowest BCUT2D eigenvalue weighted by Gasteiger charge is -2.31. The fourth-order valence-electron chi connectivity index (χ4n) is 2.82. The van der Waals surface area contributed by atoms with E-state index in [2.05, 4.69) is 5.32 Å². The van der Waals surface area contributed by atoms with Crippen LogP contribution >= 0.6 is 34.8 Å². The highest BCUT2D eigenvalue weighted by Gasteiger charge is 2.28. The Bertz CT molecular complexity index is 894. The number of hydrogen-bond donors (Lipinski definition) is 1. The van der Waals surface area contributed by atoms with Crippen molar-refractivity contribution in [2.45, 2.75) is 52.2 Å². The number of amides is 2. The summed E-state index contributed by atoms with van der Waals surface area (Å²) in [5.41, 5.74) is 1.08. The summed E-state index contributed by atoms with van der Waals surface area (Å²) >= 11 is 18.3. The lowest BCUT2D eigenvalue weighted by Crippen LogP contribution is -2.52. The second kappa shape index (κ2) is 9.84. The molecular weight excluding hydrogens is 431 g/mol. The Hall–Kier alpha value is -1.75. The van der Waals surface area contributed by atoms with E-state index in [1.165, 1.54) is 4.90 Å². The quantitative estimate of drug-likeness (QED) is 0.623. The van der Waals surface area contributed by atoms with Crippen LogP contribution in [0.5, 0.6) is 0 Å². The first-order chi connectivity index (χ1) is 13.5. The largest absolute Gasteiger partial charge is 0.350 e. The number of rotatable bonds is 6. The van der Waals surface area contributed by atoms with Crippen LogP contribution < -0.4 is 5.32 Å². The highest BCUT2D eigenvalue weighted by molar-refractivity contribution is 6.35. The Morgan fingerprint density at radius 3 is 2.28 bits per heavy atom. The highest BCUT2D eigenvalue weighted by Crippen LogP contribution is 2.23. The maximum Gasteiger partial charge on any atom is 0.242 e. The van der Waals surface area contributed by atoms with Gasteiger partial charge in [0.2, 0.25) is 11.8 Å². The van der Waals surface area contributed by atoms with E-state index in [-0.39, 0.29) is 24.8 Å². The molecule has 0 bridgehead atoms. The van der Waals surface area contributed by atoms with Crippen molar-refractivity contribution in [2.75, 3.05) is 0 Å². The van der Waals surface area contributed by atoms with Gasteiger partial charge in [-0.1, -0.05) is 53.0 Å². The maximum atomic E-state index is 13.2. The second-order valence-electron chi connectivity index (χ2n) is 7.98. The van der Waals surface area contributed by atoms with E-state index in [0.717, 1.165) is 5.56 Å². The first kappa shape index (κ1) is 23.5. The number of nitrogens with one attached hydrogen (secondary N) is 1. The minimum Gasteiger partial charge on any atom is -0.350 e. The molecule has 2 aromatic rings. The molecule has 7 heteroatoms. The Labute approximate surface area is 187 Å². The highest BCUT2D eigenvalue weighted by atomic mass is 35.5. The summed E-state index contributed by atoms with van der Waals surface area (Å²) in [5.74, 6) is -0.444. The molecular formula is C22H25Cl3N2O2. The molecule has 0 saturated carbocycles. The number of halogens is 3. The topological polar surface area (TPSA) is 49.4 Å². The van der Waals surface area contributed by atoms with Gasteiger partial charge in [-0.3, -0.25) is 9.59 Å². The number of carbonyl (C=O) groups excluding carboxylic acids is 2. The van der Waals surface area contributed by atoms with Gasteiger partial charge >= 0.3 is 0 Å². The molecule has 0 aliphatic carbocycles. The number of benzene rings is 2. The van der Waals surface area contributed by atoms with E-state index < -0.39 is 11.6 Å². The lowest BCUT2D eigenvalue weighted by molar-refractivity contribution is -0.140. The summed E-state index contributed by atoms with van der Waals surface area (Å²) < 4.78 is 0. The van der Waals surface area contributed by atoms with E-state index in [0.29, 0.717) is 20.6 Å². The van der Waals surface area contributed by atoms with Gasteiger partial charge in [0.1, 0.15) is 6.04 Å². The third kappa shape index (κ3) is 7.22. The molecule has 0 aliphatic heterocycles. The average Bonchev–Trinajstić information content (AvgIpc) is 2.60. The van der Waals surface area contributed by atoms with Crippen molar-refractivity contribution in [3.05, 3.63) is 68.7 Å². The van der Waals surface area contributed by atoms with E-state index >= 15 is 0 Å². The van der Waals surface area contributed by atoms with E-state index in [1.807, 2.05) is 32.9 Å². The van der Waals surface area contributed by atoms with E-state index in [4.69, 9.17) is 34.8 Å². The minimum absolute atomic E-state index is 0.0592. The van der Waals surface area contributed by atoms with Gasteiger partial charge in [-0.05, 0) is 63.1 Å². The maximum absolute atomic E-state index is 13.2. The summed E-state index contributed by atoms with van der Waals surface area (Å²) in [5, 5.41) is 4.42. The van der Waals surface area contributed by atoms with Crippen LogP contribution in [-0.2, 0) is 22.6 Å². The second-order valence-corrected chi connectivity index (χ2v) is 9.26. The van der Waals surface area contributed by atoms with Gasteiger partial charge in [0.15, 0.2) is 0 Å². The molecule has 0 aromatic heterocycles.